The molecule has 3 nitrogen and oxygen atoms in total. The number of benzene rings is 2. The van der Waals surface area contributed by atoms with E-state index in [2.05, 4.69) is 40.3 Å². The van der Waals surface area contributed by atoms with E-state index >= 15 is 0 Å². The van der Waals surface area contributed by atoms with Crippen LogP contribution in [0.5, 0.6) is 11.5 Å². The average molecular weight is 350 g/mol. The summed E-state index contributed by atoms with van der Waals surface area (Å²) >= 11 is 3.49. The fraction of sp³-hybridized carbons (Fsp3) is 0.294. The SMILES string of the molecule is COCCNCc1ccc(Oc2ccccc2Br)cc1C. The van der Waals surface area contributed by atoms with Gasteiger partial charge in [0.2, 0.25) is 0 Å². The molecular weight excluding hydrogens is 330 g/mol. The van der Waals surface area contributed by atoms with Crippen LogP contribution in [0.1, 0.15) is 11.1 Å². The van der Waals surface area contributed by atoms with E-state index in [9.17, 15) is 0 Å². The predicted molar refractivity (Wildman–Crippen MR) is 89.0 cm³/mol. The second-order valence-electron chi connectivity index (χ2n) is 4.79. The number of ether oxygens (including phenoxy) is 2. The molecule has 0 amide bonds. The Morgan fingerprint density at radius 1 is 1.14 bits per heavy atom. The van der Waals surface area contributed by atoms with Crippen molar-refractivity contribution in [1.29, 1.82) is 0 Å². The zero-order chi connectivity index (χ0) is 15.1. The van der Waals surface area contributed by atoms with Gasteiger partial charge in [0.25, 0.3) is 0 Å². The molecule has 2 aromatic carbocycles. The third-order valence-electron chi connectivity index (χ3n) is 3.18. The molecule has 0 aromatic heterocycles. The van der Waals surface area contributed by atoms with E-state index in [1.165, 1.54) is 11.1 Å². The fourth-order valence-electron chi connectivity index (χ4n) is 1.98. The first kappa shape index (κ1) is 16.0. The lowest BCUT2D eigenvalue weighted by molar-refractivity contribution is 0.199. The molecule has 2 rings (SSSR count). The molecule has 0 heterocycles. The summed E-state index contributed by atoms with van der Waals surface area (Å²) in [6.45, 7) is 4.51. The van der Waals surface area contributed by atoms with Crippen molar-refractivity contribution in [2.24, 2.45) is 0 Å². The number of hydrogen-bond acceptors (Lipinski definition) is 3. The highest BCUT2D eigenvalue weighted by atomic mass is 79.9. The minimum absolute atomic E-state index is 0.724. The quantitative estimate of drug-likeness (QED) is 0.756. The number of halogens is 1. The second-order valence-corrected chi connectivity index (χ2v) is 5.64. The van der Waals surface area contributed by atoms with Crippen molar-refractivity contribution in [3.63, 3.8) is 0 Å². The van der Waals surface area contributed by atoms with Gasteiger partial charge in [-0.1, -0.05) is 18.2 Å². The van der Waals surface area contributed by atoms with Crippen LogP contribution in [0.3, 0.4) is 0 Å². The molecule has 21 heavy (non-hydrogen) atoms. The number of para-hydroxylation sites is 1. The summed E-state index contributed by atoms with van der Waals surface area (Å²) in [5, 5.41) is 3.35. The Balaban J connectivity index is 2.00. The van der Waals surface area contributed by atoms with Gasteiger partial charge in [-0.3, -0.25) is 0 Å². The molecule has 0 saturated heterocycles. The van der Waals surface area contributed by atoms with Crippen LogP contribution in [-0.4, -0.2) is 20.3 Å². The van der Waals surface area contributed by atoms with Crippen molar-refractivity contribution in [2.75, 3.05) is 20.3 Å². The van der Waals surface area contributed by atoms with Crippen LogP contribution >= 0.6 is 15.9 Å². The minimum atomic E-state index is 0.724. The zero-order valence-electron chi connectivity index (χ0n) is 12.4. The second kappa shape index (κ2) is 8.17. The van der Waals surface area contributed by atoms with Crippen LogP contribution in [0, 0.1) is 6.92 Å². The summed E-state index contributed by atoms with van der Waals surface area (Å²) in [6.07, 6.45) is 0. The molecule has 0 aliphatic rings. The lowest BCUT2D eigenvalue weighted by Crippen LogP contribution is -2.19. The first-order valence-electron chi connectivity index (χ1n) is 6.92. The number of hydrogen-bond donors (Lipinski definition) is 1. The van der Waals surface area contributed by atoms with Gasteiger partial charge >= 0.3 is 0 Å². The van der Waals surface area contributed by atoms with E-state index in [-0.39, 0.29) is 0 Å². The molecular formula is C17H20BrNO2. The van der Waals surface area contributed by atoms with Gasteiger partial charge in [0.1, 0.15) is 11.5 Å². The molecule has 0 radical (unpaired) electrons. The van der Waals surface area contributed by atoms with Gasteiger partial charge in [0.15, 0.2) is 0 Å². The van der Waals surface area contributed by atoms with E-state index in [4.69, 9.17) is 9.47 Å². The van der Waals surface area contributed by atoms with Crippen LogP contribution in [0.25, 0.3) is 0 Å². The van der Waals surface area contributed by atoms with Crippen LogP contribution in [0.2, 0.25) is 0 Å². The highest BCUT2D eigenvalue weighted by molar-refractivity contribution is 9.10. The predicted octanol–water partition coefficient (Wildman–Crippen LogP) is 4.29. The van der Waals surface area contributed by atoms with Gasteiger partial charge in [0, 0.05) is 20.2 Å². The molecule has 2 aromatic rings. The lowest BCUT2D eigenvalue weighted by atomic mass is 10.1. The van der Waals surface area contributed by atoms with Crippen LogP contribution in [0.15, 0.2) is 46.9 Å². The Morgan fingerprint density at radius 3 is 2.67 bits per heavy atom. The molecule has 0 atom stereocenters. The number of rotatable bonds is 7. The van der Waals surface area contributed by atoms with Gasteiger partial charge in [-0.2, -0.15) is 0 Å². The molecule has 0 fully saturated rings. The molecule has 0 saturated carbocycles. The van der Waals surface area contributed by atoms with Gasteiger partial charge < -0.3 is 14.8 Å². The van der Waals surface area contributed by atoms with Crippen LogP contribution in [0.4, 0.5) is 0 Å². The number of nitrogens with one attached hydrogen (secondary N) is 1. The molecule has 112 valence electrons. The monoisotopic (exact) mass is 349 g/mol. The largest absolute Gasteiger partial charge is 0.456 e. The van der Waals surface area contributed by atoms with Gasteiger partial charge in [-0.15, -0.1) is 0 Å². The number of methoxy groups -OCH3 is 1. The Morgan fingerprint density at radius 2 is 1.95 bits per heavy atom. The van der Waals surface area contributed by atoms with Crippen molar-refractivity contribution in [1.82, 2.24) is 5.32 Å². The normalized spacial score (nSPS) is 10.6. The lowest BCUT2D eigenvalue weighted by Gasteiger charge is -2.11. The van der Waals surface area contributed by atoms with E-state index in [0.29, 0.717) is 0 Å². The highest BCUT2D eigenvalue weighted by Crippen LogP contribution is 2.30. The minimum Gasteiger partial charge on any atom is -0.456 e. The summed E-state index contributed by atoms with van der Waals surface area (Å²) in [5.41, 5.74) is 2.48. The summed E-state index contributed by atoms with van der Waals surface area (Å²) in [5.74, 6) is 1.67. The highest BCUT2D eigenvalue weighted by Gasteiger charge is 2.04. The van der Waals surface area contributed by atoms with Gasteiger partial charge in [-0.05, 0) is 58.2 Å². The maximum atomic E-state index is 5.90. The van der Waals surface area contributed by atoms with Crippen molar-refractivity contribution < 1.29 is 9.47 Å². The molecule has 0 bridgehead atoms. The molecule has 0 spiro atoms. The third kappa shape index (κ3) is 4.84. The molecule has 1 N–H and O–H groups in total. The Labute approximate surface area is 134 Å². The van der Waals surface area contributed by atoms with Crippen LogP contribution < -0.4 is 10.1 Å². The number of aryl methyl sites for hydroxylation is 1. The van der Waals surface area contributed by atoms with Crippen molar-refractivity contribution >= 4 is 15.9 Å². The molecule has 4 heteroatoms. The van der Waals surface area contributed by atoms with Gasteiger partial charge in [0.05, 0.1) is 11.1 Å². The van der Waals surface area contributed by atoms with E-state index in [0.717, 1.165) is 35.7 Å². The summed E-state index contributed by atoms with van der Waals surface area (Å²) < 4.78 is 11.9. The summed E-state index contributed by atoms with van der Waals surface area (Å²) in [4.78, 5) is 0. The molecule has 0 aliphatic heterocycles. The summed E-state index contributed by atoms with van der Waals surface area (Å²) in [6, 6.07) is 14.0. The van der Waals surface area contributed by atoms with E-state index in [1.807, 2.05) is 30.3 Å². The Hall–Kier alpha value is -1.36. The van der Waals surface area contributed by atoms with Gasteiger partial charge in [-0.25, -0.2) is 0 Å². The first-order chi connectivity index (χ1) is 10.2. The molecule has 0 aliphatic carbocycles. The van der Waals surface area contributed by atoms with Crippen molar-refractivity contribution in [2.45, 2.75) is 13.5 Å². The van der Waals surface area contributed by atoms with E-state index in [1.54, 1.807) is 7.11 Å². The third-order valence-corrected chi connectivity index (χ3v) is 3.83. The maximum Gasteiger partial charge on any atom is 0.141 e. The smallest absolute Gasteiger partial charge is 0.141 e. The zero-order valence-corrected chi connectivity index (χ0v) is 13.9. The Kier molecular flexibility index (Phi) is 6.23. The topological polar surface area (TPSA) is 30.5 Å². The Bertz CT molecular complexity index is 587. The fourth-order valence-corrected chi connectivity index (χ4v) is 2.35. The average Bonchev–Trinajstić information content (AvgIpc) is 2.48. The summed E-state index contributed by atoms with van der Waals surface area (Å²) in [7, 11) is 1.71. The standard InChI is InChI=1S/C17H20BrNO2/c1-13-11-15(21-17-6-4-3-5-16(17)18)8-7-14(13)12-19-9-10-20-2/h3-8,11,19H,9-10,12H2,1-2H3. The van der Waals surface area contributed by atoms with E-state index < -0.39 is 0 Å². The van der Waals surface area contributed by atoms with Crippen molar-refractivity contribution in [3.05, 3.63) is 58.1 Å². The van der Waals surface area contributed by atoms with Crippen molar-refractivity contribution in [3.8, 4) is 11.5 Å². The maximum absolute atomic E-state index is 5.90. The first-order valence-corrected chi connectivity index (χ1v) is 7.71. The van der Waals surface area contributed by atoms with Crippen LogP contribution in [-0.2, 0) is 11.3 Å². The molecule has 0 unspecified atom stereocenters.